The molecule has 0 aromatic heterocycles. The van der Waals surface area contributed by atoms with Gasteiger partial charge in [-0.3, -0.25) is 19.2 Å². The summed E-state index contributed by atoms with van der Waals surface area (Å²) in [4.78, 5) is 50.2. The number of fused-ring (bicyclic) bond motifs is 2. The Labute approximate surface area is 187 Å². The zero-order valence-corrected chi connectivity index (χ0v) is 18.1. The molecule has 2 aromatic rings. The second-order valence-electron chi connectivity index (χ2n) is 8.75. The van der Waals surface area contributed by atoms with Gasteiger partial charge in [0, 0.05) is 28.7 Å². The van der Waals surface area contributed by atoms with E-state index in [9.17, 15) is 19.2 Å². The van der Waals surface area contributed by atoms with Crippen molar-refractivity contribution in [3.05, 3.63) is 65.7 Å². The van der Waals surface area contributed by atoms with E-state index in [0.717, 1.165) is 19.3 Å². The summed E-state index contributed by atoms with van der Waals surface area (Å²) >= 11 is 0. The molecular formula is C26H27NO5. The smallest absolute Gasteiger partial charge is 0.310 e. The maximum atomic E-state index is 13.1. The first kappa shape index (κ1) is 21.9. The molecule has 0 spiro atoms. The van der Waals surface area contributed by atoms with Crippen molar-refractivity contribution in [2.75, 3.05) is 5.32 Å². The van der Waals surface area contributed by atoms with E-state index in [2.05, 4.69) is 5.32 Å². The van der Waals surface area contributed by atoms with Crippen molar-refractivity contribution in [1.82, 2.24) is 0 Å². The maximum absolute atomic E-state index is 13.1. The van der Waals surface area contributed by atoms with Gasteiger partial charge in [0.1, 0.15) is 5.78 Å². The summed E-state index contributed by atoms with van der Waals surface area (Å²) in [5.41, 5.74) is 1.50. The monoisotopic (exact) mass is 433 g/mol. The Morgan fingerprint density at radius 1 is 0.969 bits per heavy atom. The topological polar surface area (TPSA) is 89.5 Å². The highest BCUT2D eigenvalue weighted by molar-refractivity contribution is 5.99. The lowest BCUT2D eigenvalue weighted by molar-refractivity contribution is -0.162. The van der Waals surface area contributed by atoms with Crippen molar-refractivity contribution in [1.29, 1.82) is 0 Å². The molecule has 0 heterocycles. The lowest BCUT2D eigenvalue weighted by atomic mass is 9.67. The van der Waals surface area contributed by atoms with Crippen LogP contribution < -0.4 is 5.32 Å². The number of carbonyl (C=O) groups excluding carboxylic acids is 4. The first-order valence-electron chi connectivity index (χ1n) is 11.1. The summed E-state index contributed by atoms with van der Waals surface area (Å²) in [6.45, 7) is 1.46. The highest BCUT2D eigenvalue weighted by Gasteiger charge is 2.42. The standard InChI is InChI=1S/C26H27NO5/c1-16(28)18-9-6-12-22(15-18)27-25(30)24(17-7-3-2-4-8-17)32-26(31)21-13-19-10-5-11-20(14-21)23(19)29/h2-4,6-9,12,15,19-21,24H,5,10-11,13-14H2,1H3,(H,27,30). The first-order valence-corrected chi connectivity index (χ1v) is 11.1. The minimum absolute atomic E-state index is 0.0710. The molecule has 6 nitrogen and oxygen atoms in total. The summed E-state index contributed by atoms with van der Waals surface area (Å²) < 4.78 is 5.76. The zero-order valence-electron chi connectivity index (χ0n) is 18.1. The second-order valence-corrected chi connectivity index (χ2v) is 8.75. The van der Waals surface area contributed by atoms with Gasteiger partial charge in [-0.15, -0.1) is 0 Å². The number of hydrogen-bond donors (Lipinski definition) is 1. The van der Waals surface area contributed by atoms with Gasteiger partial charge in [-0.05, 0) is 44.7 Å². The fourth-order valence-corrected chi connectivity index (χ4v) is 4.81. The predicted molar refractivity (Wildman–Crippen MR) is 119 cm³/mol. The van der Waals surface area contributed by atoms with Crippen molar-refractivity contribution in [2.45, 2.75) is 45.1 Å². The van der Waals surface area contributed by atoms with Gasteiger partial charge in [0.2, 0.25) is 6.10 Å². The van der Waals surface area contributed by atoms with Gasteiger partial charge in [-0.25, -0.2) is 0 Å². The van der Waals surface area contributed by atoms with Crippen molar-refractivity contribution in [2.24, 2.45) is 17.8 Å². The largest absolute Gasteiger partial charge is 0.447 e. The Kier molecular flexibility index (Phi) is 6.49. The number of benzene rings is 2. The third-order valence-electron chi connectivity index (χ3n) is 6.49. The van der Waals surface area contributed by atoms with Crippen LogP contribution in [0.5, 0.6) is 0 Å². The Hall–Kier alpha value is -3.28. The quantitative estimate of drug-likeness (QED) is 0.535. The summed E-state index contributed by atoms with van der Waals surface area (Å²) in [5.74, 6) is -1.26. The molecule has 2 saturated carbocycles. The fourth-order valence-electron chi connectivity index (χ4n) is 4.81. The van der Waals surface area contributed by atoms with Gasteiger partial charge in [-0.1, -0.05) is 48.9 Å². The predicted octanol–water partition coefficient (Wildman–Crippen LogP) is 4.51. The van der Waals surface area contributed by atoms with Crippen LogP contribution >= 0.6 is 0 Å². The minimum atomic E-state index is -1.12. The molecule has 6 heteroatoms. The molecule has 4 rings (SSSR count). The molecule has 1 amide bonds. The number of esters is 1. The molecule has 3 unspecified atom stereocenters. The first-order chi connectivity index (χ1) is 15.4. The molecule has 0 saturated heterocycles. The summed E-state index contributed by atoms with van der Waals surface area (Å²) in [7, 11) is 0. The number of carbonyl (C=O) groups is 4. The van der Waals surface area contributed by atoms with Gasteiger partial charge in [-0.2, -0.15) is 0 Å². The van der Waals surface area contributed by atoms with Crippen LogP contribution in [0.4, 0.5) is 5.69 Å². The lowest BCUT2D eigenvalue weighted by Crippen LogP contribution is -2.40. The molecule has 0 aliphatic heterocycles. The molecular weight excluding hydrogens is 406 g/mol. The van der Waals surface area contributed by atoms with E-state index < -0.39 is 18.0 Å². The van der Waals surface area contributed by atoms with Gasteiger partial charge < -0.3 is 10.1 Å². The fraction of sp³-hybridized carbons (Fsp3) is 0.385. The third-order valence-corrected chi connectivity index (χ3v) is 6.49. The number of nitrogens with one attached hydrogen (secondary N) is 1. The molecule has 32 heavy (non-hydrogen) atoms. The highest BCUT2D eigenvalue weighted by Crippen LogP contribution is 2.41. The van der Waals surface area contributed by atoms with Gasteiger partial charge in [0.25, 0.3) is 5.91 Å². The van der Waals surface area contributed by atoms with Crippen LogP contribution in [-0.2, 0) is 19.1 Å². The van der Waals surface area contributed by atoms with Crippen LogP contribution in [0.25, 0.3) is 0 Å². The van der Waals surface area contributed by atoms with Gasteiger partial charge in [0.05, 0.1) is 5.92 Å². The SMILES string of the molecule is CC(=O)c1cccc(NC(=O)C(OC(=O)C2CC3CCCC(C2)C3=O)c2ccccc2)c1. The van der Waals surface area contributed by atoms with Crippen LogP contribution in [0.3, 0.4) is 0 Å². The molecule has 2 aromatic carbocycles. The van der Waals surface area contributed by atoms with E-state index in [4.69, 9.17) is 4.74 Å². The average molecular weight is 434 g/mol. The number of ketones is 2. The van der Waals surface area contributed by atoms with E-state index in [1.807, 2.05) is 6.07 Å². The maximum Gasteiger partial charge on any atom is 0.310 e. The molecule has 2 aliphatic rings. The Bertz CT molecular complexity index is 1020. The van der Waals surface area contributed by atoms with E-state index in [1.54, 1.807) is 48.5 Å². The number of ether oxygens (including phenoxy) is 1. The molecule has 1 N–H and O–H groups in total. The Balaban J connectivity index is 1.52. The Morgan fingerprint density at radius 2 is 1.66 bits per heavy atom. The second kappa shape index (κ2) is 9.47. The number of amides is 1. The number of anilines is 1. The van der Waals surface area contributed by atoms with Gasteiger partial charge >= 0.3 is 5.97 Å². The average Bonchev–Trinajstić information content (AvgIpc) is 2.77. The van der Waals surface area contributed by atoms with Crippen LogP contribution in [0.1, 0.15) is 61.1 Å². The van der Waals surface area contributed by atoms with Crippen molar-refractivity contribution in [3.8, 4) is 0 Å². The summed E-state index contributed by atoms with van der Waals surface area (Å²) in [6.07, 6.45) is 2.55. The van der Waals surface area contributed by atoms with Gasteiger partial charge in [0.15, 0.2) is 5.78 Å². The van der Waals surface area contributed by atoms with Crippen molar-refractivity contribution >= 4 is 29.1 Å². The van der Waals surface area contributed by atoms with Crippen molar-refractivity contribution in [3.63, 3.8) is 0 Å². The number of Topliss-reactive ketones (excluding diaryl/α,β-unsaturated/α-hetero) is 2. The van der Waals surface area contributed by atoms with Crippen LogP contribution in [0, 0.1) is 17.8 Å². The molecule has 3 atom stereocenters. The van der Waals surface area contributed by atoms with E-state index in [-0.39, 0.29) is 29.3 Å². The third kappa shape index (κ3) is 4.79. The van der Waals surface area contributed by atoms with Crippen LogP contribution in [0.15, 0.2) is 54.6 Å². The minimum Gasteiger partial charge on any atom is -0.447 e. The Morgan fingerprint density at radius 3 is 2.31 bits per heavy atom. The van der Waals surface area contributed by atoms with Crippen molar-refractivity contribution < 1.29 is 23.9 Å². The molecule has 2 fully saturated rings. The normalized spacial score (nSPS) is 23.2. The molecule has 166 valence electrons. The van der Waals surface area contributed by atoms with E-state index in [1.165, 1.54) is 6.92 Å². The highest BCUT2D eigenvalue weighted by atomic mass is 16.5. The van der Waals surface area contributed by atoms with Crippen LogP contribution in [0.2, 0.25) is 0 Å². The van der Waals surface area contributed by atoms with E-state index in [0.29, 0.717) is 29.7 Å². The molecule has 2 aliphatic carbocycles. The summed E-state index contributed by atoms with van der Waals surface area (Å²) in [5, 5.41) is 2.77. The number of rotatable bonds is 6. The lowest BCUT2D eigenvalue weighted by Gasteiger charge is -2.36. The van der Waals surface area contributed by atoms with Crippen LogP contribution in [-0.4, -0.2) is 23.4 Å². The van der Waals surface area contributed by atoms with E-state index >= 15 is 0 Å². The molecule has 0 radical (unpaired) electrons. The number of hydrogen-bond acceptors (Lipinski definition) is 5. The zero-order chi connectivity index (χ0) is 22.7. The molecule has 2 bridgehead atoms. The summed E-state index contributed by atoms with van der Waals surface area (Å²) in [6, 6.07) is 15.5.